The van der Waals surface area contributed by atoms with Gasteiger partial charge in [0, 0.05) is 0 Å². The van der Waals surface area contributed by atoms with Crippen molar-refractivity contribution in [2.45, 2.75) is 26.4 Å². The molecule has 1 amide bonds. The third kappa shape index (κ3) is 3.06. The number of nitrogens with zero attached hydrogens (tertiary/aromatic N) is 2. The van der Waals surface area contributed by atoms with Crippen molar-refractivity contribution in [3.05, 3.63) is 78.1 Å². The molecule has 0 fully saturated rings. The summed E-state index contributed by atoms with van der Waals surface area (Å²) in [5, 5.41) is 5.49. The maximum Gasteiger partial charge on any atom is 0.240 e. The first-order valence-corrected chi connectivity index (χ1v) is 8.82. The Balaban J connectivity index is 1.52. The molecule has 4 aromatic rings. The second-order valence-electron chi connectivity index (χ2n) is 6.63. The number of imidazole rings is 1. The minimum Gasteiger partial charge on any atom is -0.348 e. The number of carbonyl (C=O) groups excluding carboxylic acids is 1. The van der Waals surface area contributed by atoms with Gasteiger partial charge in [-0.2, -0.15) is 0 Å². The summed E-state index contributed by atoms with van der Waals surface area (Å²) >= 11 is 0. The molecule has 0 radical (unpaired) electrons. The Morgan fingerprint density at radius 2 is 1.77 bits per heavy atom. The molecule has 0 aliphatic carbocycles. The number of amides is 1. The number of carbonyl (C=O) groups is 1. The fraction of sp³-hybridized carbons (Fsp3) is 0.182. The zero-order valence-corrected chi connectivity index (χ0v) is 14.9. The Kier molecular flexibility index (Phi) is 4.17. The van der Waals surface area contributed by atoms with Crippen LogP contribution in [-0.2, 0) is 11.3 Å². The van der Waals surface area contributed by atoms with Crippen LogP contribution >= 0.6 is 0 Å². The van der Waals surface area contributed by atoms with Crippen LogP contribution < -0.4 is 5.32 Å². The molecule has 1 heterocycles. The van der Waals surface area contributed by atoms with Crippen LogP contribution in [0.5, 0.6) is 0 Å². The van der Waals surface area contributed by atoms with E-state index in [2.05, 4.69) is 40.6 Å². The lowest BCUT2D eigenvalue weighted by atomic mass is 10.0. The van der Waals surface area contributed by atoms with Gasteiger partial charge in [-0.3, -0.25) is 4.79 Å². The van der Waals surface area contributed by atoms with E-state index < -0.39 is 0 Å². The Bertz CT molecular complexity index is 1100. The highest BCUT2D eigenvalue weighted by Crippen LogP contribution is 2.20. The van der Waals surface area contributed by atoms with E-state index in [9.17, 15) is 4.79 Å². The Labute approximate surface area is 152 Å². The first kappa shape index (κ1) is 16.3. The predicted molar refractivity (Wildman–Crippen MR) is 105 cm³/mol. The predicted octanol–water partition coefficient (Wildman–Crippen LogP) is 4.38. The lowest BCUT2D eigenvalue weighted by Crippen LogP contribution is -2.30. The van der Waals surface area contributed by atoms with Crippen molar-refractivity contribution in [3.63, 3.8) is 0 Å². The summed E-state index contributed by atoms with van der Waals surface area (Å²) in [7, 11) is 0. The summed E-state index contributed by atoms with van der Waals surface area (Å²) in [4.78, 5) is 17.1. The van der Waals surface area contributed by atoms with Crippen LogP contribution in [0.15, 0.2) is 66.7 Å². The molecule has 26 heavy (non-hydrogen) atoms. The van der Waals surface area contributed by atoms with Gasteiger partial charge in [0.15, 0.2) is 0 Å². The molecule has 3 aromatic carbocycles. The van der Waals surface area contributed by atoms with Gasteiger partial charge in [-0.05, 0) is 48.4 Å². The van der Waals surface area contributed by atoms with Crippen LogP contribution in [0.3, 0.4) is 0 Å². The summed E-state index contributed by atoms with van der Waals surface area (Å²) in [6.45, 7) is 4.21. The molecule has 0 aliphatic rings. The highest BCUT2D eigenvalue weighted by atomic mass is 16.2. The maximum absolute atomic E-state index is 12.6. The third-order valence-corrected chi connectivity index (χ3v) is 4.80. The van der Waals surface area contributed by atoms with Gasteiger partial charge < -0.3 is 9.88 Å². The fourth-order valence-electron chi connectivity index (χ4n) is 3.39. The smallest absolute Gasteiger partial charge is 0.240 e. The SMILES string of the molecule is Cc1nc2ccccc2n1CC(=O)N[C@H](C)c1ccc2ccccc2c1. The molecule has 4 nitrogen and oxygen atoms in total. The molecule has 130 valence electrons. The van der Waals surface area contributed by atoms with E-state index in [1.165, 1.54) is 10.8 Å². The highest BCUT2D eigenvalue weighted by Gasteiger charge is 2.14. The molecular formula is C22H21N3O. The minimum atomic E-state index is -0.0535. The Morgan fingerprint density at radius 1 is 1.04 bits per heavy atom. The van der Waals surface area contributed by atoms with E-state index in [0.717, 1.165) is 22.4 Å². The lowest BCUT2D eigenvalue weighted by molar-refractivity contribution is -0.122. The van der Waals surface area contributed by atoms with Gasteiger partial charge in [-0.1, -0.05) is 48.5 Å². The van der Waals surface area contributed by atoms with Gasteiger partial charge in [0.05, 0.1) is 17.1 Å². The van der Waals surface area contributed by atoms with E-state index in [1.807, 2.05) is 54.8 Å². The molecule has 4 rings (SSSR count). The maximum atomic E-state index is 12.6. The number of hydrogen-bond acceptors (Lipinski definition) is 2. The number of fused-ring (bicyclic) bond motifs is 2. The van der Waals surface area contributed by atoms with Gasteiger partial charge in [0.2, 0.25) is 5.91 Å². The largest absolute Gasteiger partial charge is 0.348 e. The van der Waals surface area contributed by atoms with E-state index in [0.29, 0.717) is 0 Å². The van der Waals surface area contributed by atoms with Crippen molar-refractivity contribution in [1.29, 1.82) is 0 Å². The fourth-order valence-corrected chi connectivity index (χ4v) is 3.39. The number of aromatic nitrogens is 2. The average Bonchev–Trinajstić information content (AvgIpc) is 2.96. The van der Waals surface area contributed by atoms with E-state index in [-0.39, 0.29) is 18.5 Å². The second kappa shape index (κ2) is 6.64. The summed E-state index contributed by atoms with van der Waals surface area (Å²) in [5.74, 6) is 0.830. The molecule has 0 aliphatic heterocycles. The van der Waals surface area contributed by atoms with Crippen molar-refractivity contribution in [1.82, 2.24) is 14.9 Å². The normalized spacial score (nSPS) is 12.4. The zero-order chi connectivity index (χ0) is 18.1. The van der Waals surface area contributed by atoms with Gasteiger partial charge >= 0.3 is 0 Å². The van der Waals surface area contributed by atoms with Crippen LogP contribution in [0, 0.1) is 6.92 Å². The van der Waals surface area contributed by atoms with Crippen molar-refractivity contribution < 1.29 is 4.79 Å². The van der Waals surface area contributed by atoms with Gasteiger partial charge in [0.25, 0.3) is 0 Å². The molecule has 1 aromatic heterocycles. The molecule has 0 spiro atoms. The summed E-state index contributed by atoms with van der Waals surface area (Å²) < 4.78 is 1.96. The molecular weight excluding hydrogens is 322 g/mol. The zero-order valence-electron chi connectivity index (χ0n) is 14.9. The van der Waals surface area contributed by atoms with Crippen LogP contribution in [0.4, 0.5) is 0 Å². The molecule has 0 saturated heterocycles. The van der Waals surface area contributed by atoms with Crippen molar-refractivity contribution >= 4 is 27.7 Å². The first-order valence-electron chi connectivity index (χ1n) is 8.82. The minimum absolute atomic E-state index is 0.0167. The van der Waals surface area contributed by atoms with E-state index >= 15 is 0 Å². The van der Waals surface area contributed by atoms with Crippen LogP contribution in [-0.4, -0.2) is 15.5 Å². The Morgan fingerprint density at radius 3 is 2.62 bits per heavy atom. The third-order valence-electron chi connectivity index (χ3n) is 4.80. The average molecular weight is 343 g/mol. The molecule has 0 bridgehead atoms. The number of rotatable bonds is 4. The highest BCUT2D eigenvalue weighted by molar-refractivity contribution is 5.84. The number of aryl methyl sites for hydroxylation is 1. The summed E-state index contributed by atoms with van der Waals surface area (Å²) in [6, 6.07) is 22.4. The second-order valence-corrected chi connectivity index (χ2v) is 6.63. The summed E-state index contributed by atoms with van der Waals surface area (Å²) in [5.41, 5.74) is 3.00. The molecule has 1 N–H and O–H groups in total. The van der Waals surface area contributed by atoms with E-state index in [4.69, 9.17) is 0 Å². The quantitative estimate of drug-likeness (QED) is 0.598. The number of benzene rings is 3. The standard InChI is InChI=1S/C22H21N3O/c1-15(18-12-11-17-7-3-4-8-19(17)13-18)23-22(26)14-25-16(2)24-20-9-5-6-10-21(20)25/h3-13,15H,14H2,1-2H3,(H,23,26)/t15-/m1/s1. The number of hydrogen-bond donors (Lipinski definition) is 1. The van der Waals surface area contributed by atoms with Crippen molar-refractivity contribution in [2.24, 2.45) is 0 Å². The molecule has 0 saturated carbocycles. The van der Waals surface area contributed by atoms with Gasteiger partial charge in [0.1, 0.15) is 12.4 Å². The lowest BCUT2D eigenvalue weighted by Gasteiger charge is -2.16. The number of nitrogens with one attached hydrogen (secondary N) is 1. The van der Waals surface area contributed by atoms with Gasteiger partial charge in [-0.25, -0.2) is 4.98 Å². The topological polar surface area (TPSA) is 46.9 Å². The molecule has 0 unspecified atom stereocenters. The monoisotopic (exact) mass is 343 g/mol. The van der Waals surface area contributed by atoms with Crippen LogP contribution in [0.25, 0.3) is 21.8 Å². The first-order chi connectivity index (χ1) is 12.6. The van der Waals surface area contributed by atoms with Crippen LogP contribution in [0.1, 0.15) is 24.4 Å². The van der Waals surface area contributed by atoms with Gasteiger partial charge in [-0.15, -0.1) is 0 Å². The molecule has 1 atom stereocenters. The number of para-hydroxylation sites is 2. The Hall–Kier alpha value is -3.14. The van der Waals surface area contributed by atoms with E-state index in [1.54, 1.807) is 0 Å². The molecule has 4 heteroatoms. The van der Waals surface area contributed by atoms with Crippen molar-refractivity contribution in [3.8, 4) is 0 Å². The summed E-state index contributed by atoms with van der Waals surface area (Å²) in [6.07, 6.45) is 0. The van der Waals surface area contributed by atoms with Crippen molar-refractivity contribution in [2.75, 3.05) is 0 Å². The van der Waals surface area contributed by atoms with Crippen LogP contribution in [0.2, 0.25) is 0 Å².